The molecule has 1 rings (SSSR count). The van der Waals surface area contributed by atoms with Gasteiger partial charge in [0.05, 0.1) is 0 Å². The van der Waals surface area contributed by atoms with E-state index in [2.05, 4.69) is 27.4 Å². The molecule has 0 aromatic carbocycles. The van der Waals surface area contributed by atoms with Gasteiger partial charge < -0.3 is 0 Å². The Morgan fingerprint density at radius 1 is 1.62 bits per heavy atom. The van der Waals surface area contributed by atoms with Crippen LogP contribution in [0.1, 0.15) is 40.0 Å². The molecule has 0 aromatic rings. The van der Waals surface area contributed by atoms with E-state index in [1.807, 2.05) is 11.8 Å². The van der Waals surface area contributed by atoms with Crippen molar-refractivity contribution >= 4 is 11.8 Å². The molecule has 0 nitrogen and oxygen atoms in total. The Labute approximate surface area is 86.5 Å². The third-order valence-electron chi connectivity index (χ3n) is 2.59. The van der Waals surface area contributed by atoms with Crippen LogP contribution >= 0.6 is 11.8 Å². The van der Waals surface area contributed by atoms with Crippen molar-refractivity contribution in [2.75, 3.05) is 5.75 Å². The maximum atomic E-state index is 4.07. The van der Waals surface area contributed by atoms with Gasteiger partial charge in [-0.25, -0.2) is 0 Å². The van der Waals surface area contributed by atoms with Gasteiger partial charge in [0.1, 0.15) is 0 Å². The van der Waals surface area contributed by atoms with E-state index in [1.54, 1.807) is 10.5 Å². The zero-order chi connectivity index (χ0) is 9.84. The normalized spacial score (nSPS) is 23.5. The summed E-state index contributed by atoms with van der Waals surface area (Å²) >= 11 is 2.01. The Hall–Kier alpha value is -0.170. The minimum Gasteiger partial charge on any atom is -0.131 e. The maximum Gasteiger partial charge on any atom is -0.00516 e. The summed E-state index contributed by atoms with van der Waals surface area (Å²) in [5, 5.41) is 0. The lowest BCUT2D eigenvalue weighted by Crippen LogP contribution is -2.06. The predicted molar refractivity (Wildman–Crippen MR) is 63.0 cm³/mol. The summed E-state index contributed by atoms with van der Waals surface area (Å²) in [5.41, 5.74) is 2.83. The van der Waals surface area contributed by atoms with Crippen LogP contribution in [0.25, 0.3) is 0 Å². The largest absolute Gasteiger partial charge is 0.131 e. The van der Waals surface area contributed by atoms with Gasteiger partial charge in [-0.05, 0) is 48.3 Å². The fourth-order valence-corrected chi connectivity index (χ4v) is 3.04. The van der Waals surface area contributed by atoms with Gasteiger partial charge in [0.15, 0.2) is 0 Å². The zero-order valence-electron chi connectivity index (χ0n) is 9.02. The van der Waals surface area contributed by atoms with E-state index in [9.17, 15) is 0 Å². The quantitative estimate of drug-likeness (QED) is 0.645. The molecule has 74 valence electrons. The second kappa shape index (κ2) is 4.90. The highest BCUT2D eigenvalue weighted by molar-refractivity contribution is 8.03. The fraction of sp³-hybridized carbons (Fsp3) is 0.667. The third-order valence-corrected chi connectivity index (χ3v) is 3.64. The second-order valence-corrected chi connectivity index (χ2v) is 5.32. The summed E-state index contributed by atoms with van der Waals surface area (Å²) in [6, 6.07) is 0. The van der Waals surface area contributed by atoms with Gasteiger partial charge in [-0.2, -0.15) is 0 Å². The second-order valence-electron chi connectivity index (χ2n) is 3.96. The van der Waals surface area contributed by atoms with Gasteiger partial charge in [0.25, 0.3) is 0 Å². The molecule has 0 N–H and O–H groups in total. The predicted octanol–water partition coefficient (Wildman–Crippen LogP) is 4.39. The molecule has 0 radical (unpaired) electrons. The average Bonchev–Trinajstić information content (AvgIpc) is 2.04. The first kappa shape index (κ1) is 10.9. The molecule has 0 amide bonds. The van der Waals surface area contributed by atoms with Gasteiger partial charge in [0.2, 0.25) is 0 Å². The molecule has 0 saturated carbocycles. The SMILES string of the molecule is C=C(C)C1=C(SCC)C[C@@H](C)CC1. The monoisotopic (exact) mass is 196 g/mol. The molecule has 1 aliphatic carbocycles. The van der Waals surface area contributed by atoms with Gasteiger partial charge in [-0.1, -0.05) is 26.0 Å². The van der Waals surface area contributed by atoms with Crippen LogP contribution in [0, 0.1) is 5.92 Å². The first-order valence-electron chi connectivity index (χ1n) is 5.15. The Kier molecular flexibility index (Phi) is 4.11. The molecule has 13 heavy (non-hydrogen) atoms. The van der Waals surface area contributed by atoms with Crippen molar-refractivity contribution in [3.05, 3.63) is 22.6 Å². The molecule has 1 heteroatoms. The molecule has 1 aliphatic rings. The van der Waals surface area contributed by atoms with Crippen molar-refractivity contribution in [1.29, 1.82) is 0 Å². The topological polar surface area (TPSA) is 0 Å². The number of hydrogen-bond donors (Lipinski definition) is 0. The van der Waals surface area contributed by atoms with Crippen molar-refractivity contribution in [2.24, 2.45) is 5.92 Å². The van der Waals surface area contributed by atoms with Gasteiger partial charge in [-0.15, -0.1) is 11.8 Å². The summed E-state index contributed by atoms with van der Waals surface area (Å²) in [6.07, 6.45) is 3.87. The number of rotatable bonds is 3. The van der Waals surface area contributed by atoms with E-state index >= 15 is 0 Å². The van der Waals surface area contributed by atoms with Crippen LogP contribution < -0.4 is 0 Å². The maximum absolute atomic E-state index is 4.07. The van der Waals surface area contributed by atoms with Crippen molar-refractivity contribution in [1.82, 2.24) is 0 Å². The van der Waals surface area contributed by atoms with E-state index < -0.39 is 0 Å². The Bertz CT molecular complexity index is 225. The Balaban J connectivity index is 2.80. The molecular weight excluding hydrogens is 176 g/mol. The lowest BCUT2D eigenvalue weighted by atomic mass is 9.88. The number of thioether (sulfide) groups is 1. The summed E-state index contributed by atoms with van der Waals surface area (Å²) in [6.45, 7) is 10.8. The molecule has 1 atom stereocenters. The highest BCUT2D eigenvalue weighted by Crippen LogP contribution is 2.38. The van der Waals surface area contributed by atoms with Gasteiger partial charge in [-0.3, -0.25) is 0 Å². The lowest BCUT2D eigenvalue weighted by Gasteiger charge is -2.24. The molecule has 0 spiro atoms. The van der Waals surface area contributed by atoms with Crippen molar-refractivity contribution in [2.45, 2.75) is 40.0 Å². The summed E-state index contributed by atoms with van der Waals surface area (Å²) in [5.74, 6) is 2.07. The molecule has 0 bridgehead atoms. The van der Waals surface area contributed by atoms with E-state index in [0.29, 0.717) is 0 Å². The van der Waals surface area contributed by atoms with Gasteiger partial charge >= 0.3 is 0 Å². The summed E-state index contributed by atoms with van der Waals surface area (Å²) in [7, 11) is 0. The van der Waals surface area contributed by atoms with Crippen LogP contribution in [0.3, 0.4) is 0 Å². The molecule has 0 fully saturated rings. The van der Waals surface area contributed by atoms with E-state index in [1.165, 1.54) is 30.6 Å². The molecule has 0 unspecified atom stereocenters. The average molecular weight is 196 g/mol. The fourth-order valence-electron chi connectivity index (χ4n) is 1.84. The number of hydrogen-bond acceptors (Lipinski definition) is 1. The first-order chi connectivity index (χ1) is 6.15. The first-order valence-corrected chi connectivity index (χ1v) is 6.14. The summed E-state index contributed by atoms with van der Waals surface area (Å²) in [4.78, 5) is 1.61. The standard InChI is InChI=1S/C12H20S/c1-5-13-12-8-10(4)6-7-11(12)9(2)3/h10H,2,5-8H2,1,3-4H3/t10-/m0/s1. The van der Waals surface area contributed by atoms with Crippen LogP contribution in [0.5, 0.6) is 0 Å². The minimum atomic E-state index is 0.872. The van der Waals surface area contributed by atoms with Crippen LogP contribution in [-0.4, -0.2) is 5.75 Å². The Morgan fingerprint density at radius 2 is 2.31 bits per heavy atom. The summed E-state index contributed by atoms with van der Waals surface area (Å²) < 4.78 is 0. The van der Waals surface area contributed by atoms with Gasteiger partial charge in [0, 0.05) is 0 Å². The molecule has 0 saturated heterocycles. The van der Waals surface area contributed by atoms with Crippen molar-refractivity contribution in [3.63, 3.8) is 0 Å². The smallest absolute Gasteiger partial charge is 0.00516 e. The molecule has 0 aliphatic heterocycles. The van der Waals surface area contributed by atoms with Crippen molar-refractivity contribution < 1.29 is 0 Å². The van der Waals surface area contributed by atoms with E-state index in [0.717, 1.165) is 5.92 Å². The van der Waals surface area contributed by atoms with Crippen LogP contribution in [0.2, 0.25) is 0 Å². The molecular formula is C12H20S. The zero-order valence-corrected chi connectivity index (χ0v) is 9.84. The lowest BCUT2D eigenvalue weighted by molar-refractivity contribution is 0.512. The highest BCUT2D eigenvalue weighted by atomic mass is 32.2. The minimum absolute atomic E-state index is 0.872. The highest BCUT2D eigenvalue weighted by Gasteiger charge is 2.17. The number of allylic oxidation sites excluding steroid dienone is 3. The molecule has 0 heterocycles. The van der Waals surface area contributed by atoms with E-state index in [-0.39, 0.29) is 0 Å². The van der Waals surface area contributed by atoms with E-state index in [4.69, 9.17) is 0 Å². The third kappa shape index (κ3) is 2.91. The Morgan fingerprint density at radius 3 is 2.85 bits per heavy atom. The van der Waals surface area contributed by atoms with Crippen LogP contribution in [-0.2, 0) is 0 Å². The van der Waals surface area contributed by atoms with Crippen LogP contribution in [0.15, 0.2) is 22.6 Å². The van der Waals surface area contributed by atoms with Crippen molar-refractivity contribution in [3.8, 4) is 0 Å². The molecule has 0 aromatic heterocycles. The van der Waals surface area contributed by atoms with Crippen LogP contribution in [0.4, 0.5) is 0 Å².